The van der Waals surface area contributed by atoms with Crippen molar-refractivity contribution in [3.63, 3.8) is 0 Å². The SMILES string of the molecule is c1ccc(-c2nc(-c3cccc4ccccc34)nc(-c3cc4ccc(-n5c6cc7ccccc7cc6c6c7ccccc7ccc65)cc4c4c3oc3ccccc34)n2)cc1. The lowest BCUT2D eigenvalue weighted by Gasteiger charge is -2.13. The molecule has 0 fully saturated rings. The number of rotatable bonds is 4. The monoisotopic (exact) mass is 764 g/mol. The summed E-state index contributed by atoms with van der Waals surface area (Å²) in [6.07, 6.45) is 0. The first kappa shape index (κ1) is 32.9. The minimum absolute atomic E-state index is 0.558. The minimum Gasteiger partial charge on any atom is -0.455 e. The Bertz CT molecular complexity index is 3890. The highest BCUT2D eigenvalue weighted by Crippen LogP contribution is 2.44. The van der Waals surface area contributed by atoms with Crippen molar-refractivity contribution >= 4 is 86.8 Å². The number of furan rings is 1. The Morgan fingerprint density at radius 3 is 1.82 bits per heavy atom. The Labute approximate surface area is 343 Å². The fourth-order valence-corrected chi connectivity index (χ4v) is 9.42. The Morgan fingerprint density at radius 2 is 0.983 bits per heavy atom. The number of benzene rings is 10. The average molecular weight is 765 g/mol. The zero-order chi connectivity index (χ0) is 39.3. The molecule has 60 heavy (non-hydrogen) atoms. The van der Waals surface area contributed by atoms with Crippen LogP contribution in [0.15, 0.2) is 199 Å². The van der Waals surface area contributed by atoms with Gasteiger partial charge >= 0.3 is 0 Å². The molecule has 0 saturated heterocycles. The fourth-order valence-electron chi connectivity index (χ4n) is 9.42. The predicted molar refractivity (Wildman–Crippen MR) is 248 cm³/mol. The van der Waals surface area contributed by atoms with Gasteiger partial charge in [0.2, 0.25) is 0 Å². The molecule has 3 heterocycles. The number of aromatic nitrogens is 4. The fraction of sp³-hybridized carbons (Fsp3) is 0. The summed E-state index contributed by atoms with van der Waals surface area (Å²) in [6, 6.07) is 68.7. The summed E-state index contributed by atoms with van der Waals surface area (Å²) in [5.41, 5.74) is 7.66. The largest absolute Gasteiger partial charge is 0.455 e. The van der Waals surface area contributed by atoms with Gasteiger partial charge in [-0.25, -0.2) is 15.0 Å². The molecule has 13 aromatic rings. The van der Waals surface area contributed by atoms with Gasteiger partial charge in [0, 0.05) is 38.4 Å². The van der Waals surface area contributed by atoms with Crippen LogP contribution < -0.4 is 0 Å². The van der Waals surface area contributed by atoms with Gasteiger partial charge in [0.1, 0.15) is 11.2 Å². The predicted octanol–water partition coefficient (Wildman–Crippen LogP) is 14.5. The van der Waals surface area contributed by atoms with Gasteiger partial charge in [-0.3, -0.25) is 0 Å². The van der Waals surface area contributed by atoms with Crippen molar-refractivity contribution in [1.29, 1.82) is 0 Å². The summed E-state index contributed by atoms with van der Waals surface area (Å²) < 4.78 is 9.30. The highest BCUT2D eigenvalue weighted by Gasteiger charge is 2.22. The van der Waals surface area contributed by atoms with Crippen molar-refractivity contribution in [3.8, 4) is 39.9 Å². The van der Waals surface area contributed by atoms with Crippen molar-refractivity contribution in [2.75, 3.05) is 0 Å². The molecule has 0 atom stereocenters. The summed E-state index contributed by atoms with van der Waals surface area (Å²) >= 11 is 0. The number of nitrogens with zero attached hydrogens (tertiary/aromatic N) is 4. The van der Waals surface area contributed by atoms with Crippen LogP contribution in [-0.4, -0.2) is 19.5 Å². The second-order valence-corrected chi connectivity index (χ2v) is 15.6. The molecular formula is C55H32N4O. The van der Waals surface area contributed by atoms with E-state index in [-0.39, 0.29) is 0 Å². The summed E-state index contributed by atoms with van der Waals surface area (Å²) in [5, 5.41) is 13.9. The van der Waals surface area contributed by atoms with Crippen LogP contribution in [0.2, 0.25) is 0 Å². The van der Waals surface area contributed by atoms with E-state index in [2.05, 4.69) is 156 Å². The highest BCUT2D eigenvalue weighted by atomic mass is 16.3. The standard InChI is InChI=1S/C55H32N4O/c1-2-15-35(16-3-1)53-56-54(42-23-12-19-33-13-6-8-20-40(33)42)58-55(57-53)46-30-38-25-27-39(32-44(38)51-43-22-10-11-24-49(43)60-52(46)51)59-47-28-26-34-14-7-9-21-41(34)50(47)45-29-36-17-4-5-18-37(36)31-48(45)59/h1-32H. The Morgan fingerprint density at radius 1 is 0.350 bits per heavy atom. The molecule has 5 heteroatoms. The van der Waals surface area contributed by atoms with E-state index >= 15 is 0 Å². The Balaban J connectivity index is 1.10. The van der Waals surface area contributed by atoms with Gasteiger partial charge in [0.15, 0.2) is 17.5 Å². The van der Waals surface area contributed by atoms with Crippen LogP contribution in [0.4, 0.5) is 0 Å². The van der Waals surface area contributed by atoms with Crippen molar-refractivity contribution < 1.29 is 4.42 Å². The molecule has 13 rings (SSSR count). The number of para-hydroxylation sites is 1. The molecule has 0 spiro atoms. The molecule has 0 aliphatic heterocycles. The van der Waals surface area contributed by atoms with Gasteiger partial charge in [0.25, 0.3) is 0 Å². The maximum Gasteiger partial charge on any atom is 0.167 e. The first-order valence-electron chi connectivity index (χ1n) is 20.3. The zero-order valence-electron chi connectivity index (χ0n) is 32.2. The average Bonchev–Trinajstić information content (AvgIpc) is 3.87. The topological polar surface area (TPSA) is 56.7 Å². The van der Waals surface area contributed by atoms with Gasteiger partial charge < -0.3 is 8.98 Å². The van der Waals surface area contributed by atoms with Crippen LogP contribution in [0.5, 0.6) is 0 Å². The van der Waals surface area contributed by atoms with Gasteiger partial charge in [0.05, 0.1) is 16.6 Å². The zero-order valence-corrected chi connectivity index (χ0v) is 32.2. The van der Waals surface area contributed by atoms with Crippen LogP contribution in [0.1, 0.15) is 0 Å². The first-order chi connectivity index (χ1) is 29.7. The lowest BCUT2D eigenvalue weighted by Crippen LogP contribution is -2.01. The maximum absolute atomic E-state index is 6.87. The molecule has 0 amide bonds. The van der Waals surface area contributed by atoms with E-state index in [0.717, 1.165) is 65.9 Å². The van der Waals surface area contributed by atoms with E-state index in [9.17, 15) is 0 Å². The Kier molecular flexibility index (Phi) is 6.95. The molecule has 0 N–H and O–H groups in total. The Hall–Kier alpha value is -8.15. The minimum atomic E-state index is 0.558. The number of hydrogen-bond donors (Lipinski definition) is 0. The molecule has 5 nitrogen and oxygen atoms in total. The molecule has 3 aromatic heterocycles. The maximum atomic E-state index is 6.87. The van der Waals surface area contributed by atoms with Crippen LogP contribution in [0, 0.1) is 0 Å². The van der Waals surface area contributed by atoms with Crippen molar-refractivity contribution in [2.45, 2.75) is 0 Å². The van der Waals surface area contributed by atoms with E-state index in [4.69, 9.17) is 19.4 Å². The van der Waals surface area contributed by atoms with Gasteiger partial charge in [-0.1, -0.05) is 152 Å². The summed E-state index contributed by atoms with van der Waals surface area (Å²) in [5.74, 6) is 1.78. The second kappa shape index (κ2) is 12.7. The molecule has 278 valence electrons. The van der Waals surface area contributed by atoms with Crippen molar-refractivity contribution in [1.82, 2.24) is 19.5 Å². The van der Waals surface area contributed by atoms with Crippen LogP contribution in [0.25, 0.3) is 127 Å². The summed E-state index contributed by atoms with van der Waals surface area (Å²) in [7, 11) is 0. The summed E-state index contributed by atoms with van der Waals surface area (Å²) in [4.78, 5) is 15.6. The van der Waals surface area contributed by atoms with E-state index < -0.39 is 0 Å². The lowest BCUT2D eigenvalue weighted by molar-refractivity contribution is 0.670. The van der Waals surface area contributed by atoms with Crippen LogP contribution in [0.3, 0.4) is 0 Å². The van der Waals surface area contributed by atoms with Crippen LogP contribution in [-0.2, 0) is 0 Å². The normalized spacial score (nSPS) is 12.0. The van der Waals surface area contributed by atoms with Gasteiger partial charge in [-0.15, -0.1) is 0 Å². The van der Waals surface area contributed by atoms with Crippen LogP contribution >= 0.6 is 0 Å². The molecular weight excluding hydrogens is 733 g/mol. The summed E-state index contributed by atoms with van der Waals surface area (Å²) in [6.45, 7) is 0. The van der Waals surface area contributed by atoms with E-state index in [0.29, 0.717) is 17.5 Å². The molecule has 0 aliphatic rings. The van der Waals surface area contributed by atoms with E-state index in [1.807, 2.05) is 42.5 Å². The van der Waals surface area contributed by atoms with E-state index in [1.54, 1.807) is 0 Å². The molecule has 0 unspecified atom stereocenters. The lowest BCUT2D eigenvalue weighted by atomic mass is 9.99. The third-order valence-corrected chi connectivity index (χ3v) is 12.2. The van der Waals surface area contributed by atoms with Crippen molar-refractivity contribution in [3.05, 3.63) is 194 Å². The molecule has 0 saturated carbocycles. The second-order valence-electron chi connectivity index (χ2n) is 15.6. The molecule has 0 bridgehead atoms. The van der Waals surface area contributed by atoms with Gasteiger partial charge in [-0.05, 0) is 85.6 Å². The number of fused-ring (bicyclic) bond motifs is 12. The van der Waals surface area contributed by atoms with Gasteiger partial charge in [-0.2, -0.15) is 0 Å². The van der Waals surface area contributed by atoms with E-state index in [1.165, 1.54) is 43.4 Å². The molecule has 0 aliphatic carbocycles. The first-order valence-corrected chi connectivity index (χ1v) is 20.3. The third kappa shape index (κ3) is 4.90. The molecule has 0 radical (unpaired) electrons. The highest BCUT2D eigenvalue weighted by molar-refractivity contribution is 6.25. The quantitative estimate of drug-likeness (QED) is 0.179. The smallest absolute Gasteiger partial charge is 0.167 e. The third-order valence-electron chi connectivity index (χ3n) is 12.2. The van der Waals surface area contributed by atoms with Crippen molar-refractivity contribution in [2.24, 2.45) is 0 Å². The number of hydrogen-bond acceptors (Lipinski definition) is 4. The molecule has 10 aromatic carbocycles.